The second-order valence-corrected chi connectivity index (χ2v) is 5.00. The first kappa shape index (κ1) is 14.3. The molecule has 0 radical (unpaired) electrons. The fraction of sp³-hybridized carbons (Fsp3) is 0.158. The second-order valence-electron chi connectivity index (χ2n) is 5.00. The molecule has 0 aromatic heterocycles. The average Bonchev–Trinajstić information content (AvgIpc) is 2.96. The number of methoxy groups -OCH3 is 3. The van der Waals surface area contributed by atoms with Gasteiger partial charge in [0.25, 0.3) is 0 Å². The van der Waals surface area contributed by atoms with Crippen molar-refractivity contribution in [3.8, 4) is 17.2 Å². The van der Waals surface area contributed by atoms with Gasteiger partial charge in [0.15, 0.2) is 11.5 Å². The van der Waals surface area contributed by atoms with Crippen LogP contribution in [0.5, 0.6) is 17.2 Å². The van der Waals surface area contributed by atoms with Crippen molar-refractivity contribution in [2.75, 3.05) is 21.3 Å². The van der Waals surface area contributed by atoms with Gasteiger partial charge in [0, 0.05) is 0 Å². The van der Waals surface area contributed by atoms with Gasteiger partial charge in [0.2, 0.25) is 0 Å². The van der Waals surface area contributed by atoms with Gasteiger partial charge in [0.05, 0.1) is 21.3 Å². The van der Waals surface area contributed by atoms with Crippen LogP contribution in [0.15, 0.2) is 42.5 Å². The van der Waals surface area contributed by atoms with Gasteiger partial charge < -0.3 is 14.2 Å². The van der Waals surface area contributed by atoms with Crippen molar-refractivity contribution in [3.63, 3.8) is 0 Å². The summed E-state index contributed by atoms with van der Waals surface area (Å²) in [6.45, 7) is 0. The maximum absolute atomic E-state index is 5.39. The van der Waals surface area contributed by atoms with Crippen LogP contribution in [0.25, 0.3) is 17.7 Å². The molecule has 0 spiro atoms. The third-order valence-corrected chi connectivity index (χ3v) is 3.75. The number of hydrogen-bond donors (Lipinski definition) is 0. The third-order valence-electron chi connectivity index (χ3n) is 3.75. The summed E-state index contributed by atoms with van der Waals surface area (Å²) in [6, 6.07) is 12.0. The van der Waals surface area contributed by atoms with Crippen LogP contribution in [0, 0.1) is 0 Å². The van der Waals surface area contributed by atoms with Crippen LogP contribution >= 0.6 is 0 Å². The monoisotopic (exact) mass is 294 g/mol. The Morgan fingerprint density at radius 3 is 2.09 bits per heavy atom. The van der Waals surface area contributed by atoms with E-state index in [4.69, 9.17) is 14.2 Å². The van der Waals surface area contributed by atoms with Crippen LogP contribution < -0.4 is 14.2 Å². The average molecular weight is 294 g/mol. The standard InChI is InChI=1S/C19H18O3/c1-20-16-8-4-13(5-9-16)10-14-6-7-15-11-18(21-2)19(22-3)12-17(14)15/h4-12H,1-3H3/b14-10+. The predicted molar refractivity (Wildman–Crippen MR) is 89.4 cm³/mol. The molecule has 3 heteroatoms. The molecule has 0 amide bonds. The van der Waals surface area contributed by atoms with Crippen molar-refractivity contribution in [1.29, 1.82) is 0 Å². The SMILES string of the molecule is COc1ccc(/C=C2\C=Cc3cc(OC)c(OC)cc32)cc1. The number of hydrogen-bond acceptors (Lipinski definition) is 3. The van der Waals surface area contributed by atoms with Crippen LogP contribution in [0.4, 0.5) is 0 Å². The van der Waals surface area contributed by atoms with Gasteiger partial charge in [-0.05, 0) is 52.6 Å². The lowest BCUT2D eigenvalue weighted by Crippen LogP contribution is -1.93. The molecule has 0 aliphatic heterocycles. The molecule has 0 N–H and O–H groups in total. The van der Waals surface area contributed by atoms with E-state index in [-0.39, 0.29) is 0 Å². The lowest BCUT2D eigenvalue weighted by molar-refractivity contribution is 0.355. The van der Waals surface area contributed by atoms with Crippen LogP contribution in [-0.2, 0) is 0 Å². The largest absolute Gasteiger partial charge is 0.497 e. The van der Waals surface area contributed by atoms with Crippen molar-refractivity contribution < 1.29 is 14.2 Å². The molecule has 2 aromatic rings. The highest BCUT2D eigenvalue weighted by Gasteiger charge is 2.15. The normalized spacial score (nSPS) is 14.0. The van der Waals surface area contributed by atoms with Crippen LogP contribution in [0.3, 0.4) is 0 Å². The Morgan fingerprint density at radius 2 is 1.45 bits per heavy atom. The number of fused-ring (bicyclic) bond motifs is 1. The van der Waals surface area contributed by atoms with E-state index in [1.165, 1.54) is 0 Å². The molecule has 0 unspecified atom stereocenters. The van der Waals surface area contributed by atoms with E-state index < -0.39 is 0 Å². The topological polar surface area (TPSA) is 27.7 Å². The molecular weight excluding hydrogens is 276 g/mol. The van der Waals surface area contributed by atoms with Crippen LogP contribution in [0.1, 0.15) is 16.7 Å². The van der Waals surface area contributed by atoms with Gasteiger partial charge in [-0.1, -0.05) is 24.3 Å². The molecule has 0 fully saturated rings. The summed E-state index contributed by atoms with van der Waals surface area (Å²) in [6.07, 6.45) is 6.34. The molecule has 3 nitrogen and oxygen atoms in total. The number of allylic oxidation sites excluding steroid dienone is 2. The summed E-state index contributed by atoms with van der Waals surface area (Å²) >= 11 is 0. The van der Waals surface area contributed by atoms with Gasteiger partial charge in [-0.3, -0.25) is 0 Å². The highest BCUT2D eigenvalue weighted by molar-refractivity contribution is 5.98. The van der Waals surface area contributed by atoms with E-state index in [9.17, 15) is 0 Å². The second kappa shape index (κ2) is 5.98. The summed E-state index contributed by atoms with van der Waals surface area (Å²) in [4.78, 5) is 0. The first-order chi connectivity index (χ1) is 10.7. The first-order valence-corrected chi connectivity index (χ1v) is 7.05. The molecule has 1 aliphatic rings. The summed E-state index contributed by atoms with van der Waals surface area (Å²) in [5.41, 5.74) is 4.56. The van der Waals surface area contributed by atoms with Gasteiger partial charge in [-0.2, -0.15) is 0 Å². The molecule has 0 atom stereocenters. The molecule has 22 heavy (non-hydrogen) atoms. The van der Waals surface area contributed by atoms with Gasteiger partial charge in [0.1, 0.15) is 5.75 Å². The van der Waals surface area contributed by atoms with Gasteiger partial charge in [-0.25, -0.2) is 0 Å². The lowest BCUT2D eigenvalue weighted by Gasteiger charge is -2.10. The Kier molecular flexibility index (Phi) is 3.88. The molecule has 112 valence electrons. The Hall–Kier alpha value is -2.68. The van der Waals surface area contributed by atoms with E-state index >= 15 is 0 Å². The maximum atomic E-state index is 5.39. The Labute approximate surface area is 130 Å². The van der Waals surface area contributed by atoms with Crippen molar-refractivity contribution in [2.24, 2.45) is 0 Å². The maximum Gasteiger partial charge on any atom is 0.161 e. The summed E-state index contributed by atoms with van der Waals surface area (Å²) in [5.74, 6) is 2.35. The molecular formula is C19H18O3. The van der Waals surface area contributed by atoms with Crippen molar-refractivity contribution in [1.82, 2.24) is 0 Å². The van der Waals surface area contributed by atoms with E-state index in [1.54, 1.807) is 21.3 Å². The van der Waals surface area contributed by atoms with E-state index in [2.05, 4.69) is 18.2 Å². The first-order valence-electron chi connectivity index (χ1n) is 7.05. The zero-order chi connectivity index (χ0) is 15.5. The summed E-state index contributed by atoms with van der Waals surface area (Å²) in [5, 5.41) is 0. The highest BCUT2D eigenvalue weighted by Crippen LogP contribution is 2.39. The number of rotatable bonds is 4. The summed E-state index contributed by atoms with van der Waals surface area (Å²) < 4.78 is 15.9. The molecule has 0 saturated heterocycles. The van der Waals surface area contributed by atoms with E-state index in [0.717, 1.165) is 39.5 Å². The quantitative estimate of drug-likeness (QED) is 0.842. The Bertz CT molecular complexity index is 740. The predicted octanol–water partition coefficient (Wildman–Crippen LogP) is 4.28. The van der Waals surface area contributed by atoms with Gasteiger partial charge in [-0.15, -0.1) is 0 Å². The molecule has 0 bridgehead atoms. The van der Waals surface area contributed by atoms with Crippen LogP contribution in [-0.4, -0.2) is 21.3 Å². The zero-order valence-corrected chi connectivity index (χ0v) is 12.9. The molecule has 3 rings (SSSR count). The van der Waals surface area contributed by atoms with Crippen LogP contribution in [0.2, 0.25) is 0 Å². The van der Waals surface area contributed by atoms with Crippen molar-refractivity contribution >= 4 is 17.7 Å². The third kappa shape index (κ3) is 2.58. The Morgan fingerprint density at radius 1 is 0.773 bits per heavy atom. The minimum absolute atomic E-state index is 0.741. The fourth-order valence-corrected chi connectivity index (χ4v) is 2.56. The van der Waals surface area contributed by atoms with Crippen molar-refractivity contribution in [2.45, 2.75) is 0 Å². The summed E-state index contributed by atoms with van der Waals surface area (Å²) in [7, 11) is 4.97. The lowest BCUT2D eigenvalue weighted by atomic mass is 10.0. The van der Waals surface area contributed by atoms with Gasteiger partial charge >= 0.3 is 0 Å². The minimum Gasteiger partial charge on any atom is -0.497 e. The molecule has 0 heterocycles. The Balaban J connectivity index is 1.99. The van der Waals surface area contributed by atoms with E-state index in [1.807, 2.05) is 36.4 Å². The zero-order valence-electron chi connectivity index (χ0n) is 12.9. The van der Waals surface area contributed by atoms with E-state index in [0.29, 0.717) is 0 Å². The highest BCUT2D eigenvalue weighted by atomic mass is 16.5. The molecule has 2 aromatic carbocycles. The number of ether oxygens (including phenoxy) is 3. The fourth-order valence-electron chi connectivity index (χ4n) is 2.56. The van der Waals surface area contributed by atoms with Crippen molar-refractivity contribution in [3.05, 3.63) is 59.2 Å². The smallest absolute Gasteiger partial charge is 0.161 e. The number of benzene rings is 2. The molecule has 0 saturated carbocycles. The minimum atomic E-state index is 0.741. The molecule has 1 aliphatic carbocycles.